The molecule has 2 aromatic rings. The van der Waals surface area contributed by atoms with Gasteiger partial charge in [0.25, 0.3) is 5.91 Å². The molecule has 1 amide bonds. The SMILES string of the molecule is Nc1c(C(=O)NCC2CCSC2)sc2ccccc12. The van der Waals surface area contributed by atoms with Crippen LogP contribution in [-0.2, 0) is 0 Å². The van der Waals surface area contributed by atoms with E-state index >= 15 is 0 Å². The summed E-state index contributed by atoms with van der Waals surface area (Å²) in [4.78, 5) is 12.8. The number of carbonyl (C=O) groups excluding carboxylic acids is 1. The average molecular weight is 292 g/mol. The summed E-state index contributed by atoms with van der Waals surface area (Å²) in [6, 6.07) is 7.88. The van der Waals surface area contributed by atoms with Gasteiger partial charge in [0.2, 0.25) is 0 Å². The van der Waals surface area contributed by atoms with Crippen LogP contribution in [-0.4, -0.2) is 24.0 Å². The fraction of sp³-hybridized carbons (Fsp3) is 0.357. The van der Waals surface area contributed by atoms with Crippen LogP contribution in [0.5, 0.6) is 0 Å². The maximum Gasteiger partial charge on any atom is 0.263 e. The van der Waals surface area contributed by atoms with Gasteiger partial charge in [-0.2, -0.15) is 11.8 Å². The Kier molecular flexibility index (Phi) is 3.66. The van der Waals surface area contributed by atoms with Crippen molar-refractivity contribution in [1.82, 2.24) is 5.32 Å². The second-order valence-electron chi connectivity index (χ2n) is 4.78. The standard InChI is InChI=1S/C14H16N2OS2/c15-12-10-3-1-2-4-11(10)19-13(12)14(17)16-7-9-5-6-18-8-9/h1-4,9H,5-8,15H2,(H,16,17). The minimum atomic E-state index is -0.0319. The van der Waals surface area contributed by atoms with E-state index in [0.29, 0.717) is 16.5 Å². The monoisotopic (exact) mass is 292 g/mol. The molecule has 1 aromatic carbocycles. The van der Waals surface area contributed by atoms with Gasteiger partial charge in [-0.3, -0.25) is 4.79 Å². The largest absolute Gasteiger partial charge is 0.397 e. The summed E-state index contributed by atoms with van der Waals surface area (Å²) in [5, 5.41) is 4.00. The number of thiophene rings is 1. The van der Waals surface area contributed by atoms with Gasteiger partial charge in [0, 0.05) is 16.6 Å². The first kappa shape index (κ1) is 12.8. The van der Waals surface area contributed by atoms with Gasteiger partial charge in [-0.25, -0.2) is 0 Å². The maximum atomic E-state index is 12.2. The Hall–Kier alpha value is -1.20. The lowest BCUT2D eigenvalue weighted by Gasteiger charge is -2.09. The van der Waals surface area contributed by atoms with E-state index in [1.807, 2.05) is 36.0 Å². The zero-order chi connectivity index (χ0) is 13.2. The molecule has 0 spiro atoms. The number of rotatable bonds is 3. The van der Waals surface area contributed by atoms with E-state index in [1.54, 1.807) is 0 Å². The van der Waals surface area contributed by atoms with Crippen molar-refractivity contribution in [2.24, 2.45) is 5.92 Å². The molecule has 3 N–H and O–H groups in total. The van der Waals surface area contributed by atoms with Crippen LogP contribution in [0.15, 0.2) is 24.3 Å². The van der Waals surface area contributed by atoms with E-state index < -0.39 is 0 Å². The predicted octanol–water partition coefficient (Wildman–Crippen LogP) is 2.97. The van der Waals surface area contributed by atoms with Crippen LogP contribution < -0.4 is 11.1 Å². The van der Waals surface area contributed by atoms with Gasteiger partial charge in [-0.1, -0.05) is 18.2 Å². The molecular formula is C14H16N2OS2. The molecule has 1 aliphatic heterocycles. The van der Waals surface area contributed by atoms with E-state index in [4.69, 9.17) is 5.73 Å². The van der Waals surface area contributed by atoms with E-state index in [0.717, 1.165) is 22.4 Å². The molecule has 19 heavy (non-hydrogen) atoms. The summed E-state index contributed by atoms with van der Waals surface area (Å²) in [5.74, 6) is 2.95. The number of fused-ring (bicyclic) bond motifs is 1. The van der Waals surface area contributed by atoms with Crippen molar-refractivity contribution in [3.63, 3.8) is 0 Å². The molecule has 1 unspecified atom stereocenters. The molecule has 1 fully saturated rings. The number of thioether (sulfide) groups is 1. The number of hydrogen-bond donors (Lipinski definition) is 2. The number of benzene rings is 1. The number of carbonyl (C=O) groups is 1. The molecule has 0 saturated carbocycles. The highest BCUT2D eigenvalue weighted by atomic mass is 32.2. The summed E-state index contributed by atoms with van der Waals surface area (Å²) < 4.78 is 1.07. The molecule has 3 nitrogen and oxygen atoms in total. The van der Waals surface area contributed by atoms with Crippen molar-refractivity contribution in [1.29, 1.82) is 0 Å². The molecule has 1 saturated heterocycles. The summed E-state index contributed by atoms with van der Waals surface area (Å²) >= 11 is 3.44. The summed E-state index contributed by atoms with van der Waals surface area (Å²) in [6.07, 6.45) is 1.20. The first-order valence-corrected chi connectivity index (χ1v) is 8.36. The van der Waals surface area contributed by atoms with E-state index in [2.05, 4.69) is 5.32 Å². The van der Waals surface area contributed by atoms with Gasteiger partial charge in [-0.05, 0) is 29.9 Å². The van der Waals surface area contributed by atoms with Crippen LogP contribution in [0.1, 0.15) is 16.1 Å². The molecular weight excluding hydrogens is 276 g/mol. The maximum absolute atomic E-state index is 12.2. The Morgan fingerprint density at radius 1 is 1.42 bits per heavy atom. The second-order valence-corrected chi connectivity index (χ2v) is 6.98. The number of nitrogens with two attached hydrogens (primary N) is 1. The summed E-state index contributed by atoms with van der Waals surface area (Å²) in [7, 11) is 0. The topological polar surface area (TPSA) is 55.1 Å². The normalized spacial score (nSPS) is 18.8. The van der Waals surface area contributed by atoms with Crippen molar-refractivity contribution in [2.75, 3.05) is 23.8 Å². The Morgan fingerprint density at radius 2 is 2.26 bits per heavy atom. The molecule has 1 aromatic heterocycles. The Morgan fingerprint density at radius 3 is 3.00 bits per heavy atom. The van der Waals surface area contributed by atoms with Crippen molar-refractivity contribution in [3.05, 3.63) is 29.1 Å². The van der Waals surface area contributed by atoms with Crippen LogP contribution >= 0.6 is 23.1 Å². The third-order valence-corrected chi connectivity index (χ3v) is 5.83. The third kappa shape index (κ3) is 2.58. The lowest BCUT2D eigenvalue weighted by molar-refractivity contribution is 0.0953. The summed E-state index contributed by atoms with van der Waals surface area (Å²) in [5.41, 5.74) is 6.68. The number of nitrogen functional groups attached to an aromatic ring is 1. The first-order chi connectivity index (χ1) is 9.25. The van der Waals surface area contributed by atoms with Crippen molar-refractivity contribution in [2.45, 2.75) is 6.42 Å². The van der Waals surface area contributed by atoms with Gasteiger partial charge in [-0.15, -0.1) is 11.3 Å². The summed E-state index contributed by atoms with van der Waals surface area (Å²) in [6.45, 7) is 0.763. The molecule has 1 atom stereocenters. The molecule has 3 rings (SSSR count). The Balaban J connectivity index is 1.75. The smallest absolute Gasteiger partial charge is 0.263 e. The fourth-order valence-electron chi connectivity index (χ4n) is 2.30. The number of hydrogen-bond acceptors (Lipinski definition) is 4. The van der Waals surface area contributed by atoms with E-state index in [-0.39, 0.29) is 5.91 Å². The molecule has 0 radical (unpaired) electrons. The molecule has 0 aliphatic carbocycles. The van der Waals surface area contributed by atoms with Crippen LogP contribution in [0.2, 0.25) is 0 Å². The van der Waals surface area contributed by atoms with Crippen LogP contribution in [0.3, 0.4) is 0 Å². The minimum Gasteiger partial charge on any atom is -0.397 e. The third-order valence-electron chi connectivity index (χ3n) is 3.42. The quantitative estimate of drug-likeness (QED) is 0.914. The molecule has 0 bridgehead atoms. The zero-order valence-electron chi connectivity index (χ0n) is 10.5. The Bertz CT molecular complexity index is 603. The van der Waals surface area contributed by atoms with Gasteiger partial charge in [0.05, 0.1) is 5.69 Å². The van der Waals surface area contributed by atoms with Crippen LogP contribution in [0, 0.1) is 5.92 Å². The lowest BCUT2D eigenvalue weighted by Crippen LogP contribution is -2.29. The average Bonchev–Trinajstić information content (AvgIpc) is 3.05. The van der Waals surface area contributed by atoms with Crippen LogP contribution in [0.25, 0.3) is 10.1 Å². The highest BCUT2D eigenvalue weighted by Gasteiger charge is 2.19. The van der Waals surface area contributed by atoms with E-state index in [9.17, 15) is 4.79 Å². The van der Waals surface area contributed by atoms with Gasteiger partial charge < -0.3 is 11.1 Å². The highest BCUT2D eigenvalue weighted by molar-refractivity contribution is 7.99. The minimum absolute atomic E-state index is 0.0319. The number of nitrogens with one attached hydrogen (secondary N) is 1. The second kappa shape index (κ2) is 5.43. The van der Waals surface area contributed by atoms with Gasteiger partial charge >= 0.3 is 0 Å². The number of anilines is 1. The lowest BCUT2D eigenvalue weighted by atomic mass is 10.1. The van der Waals surface area contributed by atoms with Crippen molar-refractivity contribution in [3.8, 4) is 0 Å². The van der Waals surface area contributed by atoms with Gasteiger partial charge in [0.1, 0.15) is 4.88 Å². The van der Waals surface area contributed by atoms with Crippen molar-refractivity contribution < 1.29 is 4.79 Å². The highest BCUT2D eigenvalue weighted by Crippen LogP contribution is 2.33. The first-order valence-electron chi connectivity index (χ1n) is 6.38. The van der Waals surface area contributed by atoms with Crippen LogP contribution in [0.4, 0.5) is 5.69 Å². The zero-order valence-corrected chi connectivity index (χ0v) is 12.2. The number of amides is 1. The fourth-order valence-corrected chi connectivity index (χ4v) is 4.62. The molecule has 2 heterocycles. The molecule has 5 heteroatoms. The van der Waals surface area contributed by atoms with Gasteiger partial charge in [0.15, 0.2) is 0 Å². The van der Waals surface area contributed by atoms with E-state index in [1.165, 1.54) is 23.5 Å². The van der Waals surface area contributed by atoms with Crippen molar-refractivity contribution >= 4 is 44.8 Å². The molecule has 1 aliphatic rings. The molecule has 100 valence electrons. The Labute approximate surface area is 120 Å². The predicted molar refractivity (Wildman–Crippen MR) is 84.0 cm³/mol.